The van der Waals surface area contributed by atoms with Crippen molar-refractivity contribution >= 4 is 13.7 Å². The normalized spacial score (nSPS) is 11.1. The van der Waals surface area contributed by atoms with Crippen LogP contribution in [-0.4, -0.2) is 40.3 Å². The highest BCUT2D eigenvalue weighted by Crippen LogP contribution is 2.35. The molecule has 0 saturated heterocycles. The zero-order valence-electron chi connectivity index (χ0n) is 11.7. The summed E-state index contributed by atoms with van der Waals surface area (Å²) >= 11 is 0. The van der Waals surface area contributed by atoms with Gasteiger partial charge in [0, 0.05) is 13.1 Å². The Kier molecular flexibility index (Phi) is 10.3. The minimum atomic E-state index is -4.33. The van der Waals surface area contributed by atoms with Gasteiger partial charge < -0.3 is 14.7 Å². The number of carbonyl (C=O) groups excluding carboxylic acids is 1. The fourth-order valence-electron chi connectivity index (χ4n) is 1.69. The largest absolute Gasteiger partial charge is 0.469 e. The fraction of sp³-hybridized carbons (Fsp3) is 0.615. The van der Waals surface area contributed by atoms with Crippen molar-refractivity contribution in [2.45, 2.75) is 32.1 Å². The Bertz CT molecular complexity index is 353. The number of rotatable bonds is 12. The van der Waals surface area contributed by atoms with Gasteiger partial charge in [0.25, 0.3) is 0 Å². The molecule has 0 aromatic carbocycles. The van der Waals surface area contributed by atoms with E-state index in [4.69, 9.17) is 9.79 Å². The Morgan fingerprint density at radius 2 is 1.75 bits per heavy atom. The van der Waals surface area contributed by atoms with E-state index in [-0.39, 0.29) is 12.5 Å². The molecule has 0 bridgehead atoms. The molecule has 6 nitrogen and oxygen atoms in total. The van der Waals surface area contributed by atoms with Crippen LogP contribution in [0.15, 0.2) is 25.3 Å². The van der Waals surface area contributed by atoms with E-state index < -0.39 is 7.82 Å². The lowest BCUT2D eigenvalue weighted by atomic mass is 10.1. The minimum Gasteiger partial charge on any atom is -0.335 e. The van der Waals surface area contributed by atoms with E-state index in [2.05, 4.69) is 17.7 Å². The smallest absolute Gasteiger partial charge is 0.335 e. The van der Waals surface area contributed by atoms with Gasteiger partial charge in [-0.2, -0.15) is 0 Å². The molecule has 7 heteroatoms. The van der Waals surface area contributed by atoms with Crippen molar-refractivity contribution < 1.29 is 23.7 Å². The number of phosphoric ester groups is 1. The molecular weight excluding hydrogens is 281 g/mol. The molecule has 0 atom stereocenters. The topological polar surface area (TPSA) is 87.1 Å². The van der Waals surface area contributed by atoms with Gasteiger partial charge in [0.1, 0.15) is 0 Å². The molecule has 0 aliphatic rings. The first-order valence-electron chi connectivity index (χ1n) is 6.63. The van der Waals surface area contributed by atoms with Crippen LogP contribution in [0.25, 0.3) is 0 Å². The van der Waals surface area contributed by atoms with Crippen LogP contribution in [0.4, 0.5) is 0 Å². The molecule has 20 heavy (non-hydrogen) atoms. The molecule has 0 radical (unpaired) electrons. The molecule has 1 amide bonds. The van der Waals surface area contributed by atoms with Gasteiger partial charge in [0.15, 0.2) is 0 Å². The van der Waals surface area contributed by atoms with Gasteiger partial charge in [-0.3, -0.25) is 9.32 Å². The van der Waals surface area contributed by atoms with Crippen molar-refractivity contribution in [3.05, 3.63) is 25.3 Å². The molecule has 0 heterocycles. The number of phosphoric acid groups is 1. The van der Waals surface area contributed by atoms with Crippen molar-refractivity contribution in [1.29, 1.82) is 0 Å². The van der Waals surface area contributed by atoms with Crippen LogP contribution in [0.5, 0.6) is 0 Å². The van der Waals surface area contributed by atoms with Crippen LogP contribution >= 0.6 is 7.82 Å². The molecule has 0 saturated carbocycles. The predicted molar refractivity (Wildman–Crippen MR) is 78.1 cm³/mol. The first-order valence-corrected chi connectivity index (χ1v) is 8.16. The van der Waals surface area contributed by atoms with E-state index in [1.807, 2.05) is 0 Å². The molecular formula is C13H24NO5P. The lowest BCUT2D eigenvalue weighted by molar-refractivity contribution is -0.125. The van der Waals surface area contributed by atoms with Crippen LogP contribution in [0, 0.1) is 0 Å². The van der Waals surface area contributed by atoms with Gasteiger partial charge >= 0.3 is 7.82 Å². The zero-order chi connectivity index (χ0) is 15.4. The molecule has 0 fully saturated rings. The molecule has 0 unspecified atom stereocenters. The standard InChI is InChI=1S/C13H24NO5P/c1-3-10-14(13(15)4-2)11-8-6-5-7-9-12-19-20(16,17)18/h3-4H,1-2,5-12H2,(H2,16,17,18). The third-order valence-corrected chi connectivity index (χ3v) is 3.19. The van der Waals surface area contributed by atoms with Gasteiger partial charge in [0.2, 0.25) is 5.91 Å². The Morgan fingerprint density at radius 3 is 2.30 bits per heavy atom. The third-order valence-electron chi connectivity index (χ3n) is 2.67. The number of hydrogen-bond donors (Lipinski definition) is 2. The molecule has 0 aromatic rings. The first-order chi connectivity index (χ1) is 9.40. The first kappa shape index (κ1) is 19.1. The molecule has 0 spiro atoms. The van der Waals surface area contributed by atoms with Crippen molar-refractivity contribution in [1.82, 2.24) is 4.90 Å². The maximum absolute atomic E-state index is 11.5. The number of unbranched alkanes of at least 4 members (excludes halogenated alkanes) is 4. The summed E-state index contributed by atoms with van der Waals surface area (Å²) in [4.78, 5) is 30.1. The van der Waals surface area contributed by atoms with E-state index in [1.165, 1.54) is 6.08 Å². The van der Waals surface area contributed by atoms with Crippen molar-refractivity contribution in [2.75, 3.05) is 19.7 Å². The van der Waals surface area contributed by atoms with Crippen molar-refractivity contribution in [2.24, 2.45) is 0 Å². The van der Waals surface area contributed by atoms with Crippen LogP contribution in [0.3, 0.4) is 0 Å². The monoisotopic (exact) mass is 305 g/mol. The summed E-state index contributed by atoms with van der Waals surface area (Å²) in [5.74, 6) is -0.0973. The Morgan fingerprint density at radius 1 is 1.15 bits per heavy atom. The number of carbonyl (C=O) groups is 1. The van der Waals surface area contributed by atoms with E-state index in [0.29, 0.717) is 19.5 Å². The highest BCUT2D eigenvalue weighted by molar-refractivity contribution is 7.46. The maximum atomic E-state index is 11.5. The zero-order valence-corrected chi connectivity index (χ0v) is 12.6. The highest BCUT2D eigenvalue weighted by atomic mass is 31.2. The Labute approximate surface area is 120 Å². The Balaban J connectivity index is 3.59. The quantitative estimate of drug-likeness (QED) is 0.250. The summed E-state index contributed by atoms with van der Waals surface area (Å²) < 4.78 is 14.8. The molecule has 0 aromatic heterocycles. The van der Waals surface area contributed by atoms with Crippen molar-refractivity contribution in [3.8, 4) is 0 Å². The fourth-order valence-corrected chi connectivity index (χ4v) is 2.06. The number of nitrogens with zero attached hydrogens (tertiary/aromatic N) is 1. The lowest BCUT2D eigenvalue weighted by Gasteiger charge is -2.19. The third kappa shape index (κ3) is 10.9. The predicted octanol–water partition coefficient (Wildman–Crippen LogP) is 2.25. The highest BCUT2D eigenvalue weighted by Gasteiger charge is 2.12. The molecule has 2 N–H and O–H groups in total. The van der Waals surface area contributed by atoms with Crippen LogP contribution in [-0.2, 0) is 13.9 Å². The summed E-state index contributed by atoms with van der Waals surface area (Å²) in [6.45, 7) is 8.32. The summed E-state index contributed by atoms with van der Waals surface area (Å²) in [5, 5.41) is 0. The molecule has 116 valence electrons. The summed E-state index contributed by atoms with van der Waals surface area (Å²) in [5.41, 5.74) is 0. The van der Waals surface area contributed by atoms with Crippen LogP contribution in [0.2, 0.25) is 0 Å². The van der Waals surface area contributed by atoms with Crippen LogP contribution < -0.4 is 0 Å². The van der Waals surface area contributed by atoms with Gasteiger partial charge in [-0.25, -0.2) is 4.57 Å². The second-order valence-corrected chi connectivity index (χ2v) is 5.61. The average Bonchev–Trinajstić information content (AvgIpc) is 2.38. The maximum Gasteiger partial charge on any atom is 0.469 e. The van der Waals surface area contributed by atoms with Gasteiger partial charge in [-0.05, 0) is 18.9 Å². The van der Waals surface area contributed by atoms with E-state index in [1.54, 1.807) is 11.0 Å². The second-order valence-electron chi connectivity index (χ2n) is 4.37. The van der Waals surface area contributed by atoms with E-state index in [0.717, 1.165) is 25.7 Å². The van der Waals surface area contributed by atoms with Crippen LogP contribution in [0.1, 0.15) is 32.1 Å². The number of hydrogen-bond acceptors (Lipinski definition) is 3. The molecule has 0 aliphatic carbocycles. The van der Waals surface area contributed by atoms with Gasteiger partial charge in [0.05, 0.1) is 6.61 Å². The number of amides is 1. The molecule has 0 rings (SSSR count). The average molecular weight is 305 g/mol. The van der Waals surface area contributed by atoms with E-state index in [9.17, 15) is 9.36 Å². The SMILES string of the molecule is C=CCN(CCCCCCCOP(=O)(O)O)C(=O)C=C. The summed E-state index contributed by atoms with van der Waals surface area (Å²) in [6, 6.07) is 0. The molecule has 0 aliphatic heterocycles. The van der Waals surface area contributed by atoms with Gasteiger partial charge in [-0.1, -0.05) is 31.9 Å². The summed E-state index contributed by atoms with van der Waals surface area (Å²) in [6.07, 6.45) is 7.21. The van der Waals surface area contributed by atoms with Gasteiger partial charge in [-0.15, -0.1) is 6.58 Å². The summed E-state index contributed by atoms with van der Waals surface area (Å²) in [7, 11) is -4.33. The van der Waals surface area contributed by atoms with E-state index >= 15 is 0 Å². The Hall–Kier alpha value is -0.940. The lowest BCUT2D eigenvalue weighted by Crippen LogP contribution is -2.30. The second kappa shape index (κ2) is 10.8. The minimum absolute atomic E-state index is 0.0712. The van der Waals surface area contributed by atoms with Crippen molar-refractivity contribution in [3.63, 3.8) is 0 Å².